The lowest BCUT2D eigenvalue weighted by atomic mass is 10.3. The maximum Gasteiger partial charge on any atom is 0.251 e. The molecule has 1 aromatic heterocycles. The van der Waals surface area contributed by atoms with Gasteiger partial charge in [0.05, 0.1) is 17.6 Å². The van der Waals surface area contributed by atoms with E-state index in [1.54, 1.807) is 0 Å². The number of aromatic nitrogens is 2. The molecule has 1 aliphatic heterocycles. The molecule has 6 heteroatoms. The number of hydrogen-bond donors (Lipinski definition) is 1. The maximum absolute atomic E-state index is 12.6. The van der Waals surface area contributed by atoms with Crippen molar-refractivity contribution in [3.05, 3.63) is 24.3 Å². The van der Waals surface area contributed by atoms with Crippen LogP contribution in [0.5, 0.6) is 0 Å². The maximum atomic E-state index is 12.6. The van der Waals surface area contributed by atoms with Crippen molar-refractivity contribution in [1.82, 2.24) is 14.9 Å². The van der Waals surface area contributed by atoms with E-state index in [0.717, 1.165) is 49.6 Å². The summed E-state index contributed by atoms with van der Waals surface area (Å²) in [6.07, 6.45) is 3.10. The van der Waals surface area contributed by atoms with Gasteiger partial charge < -0.3 is 19.5 Å². The highest BCUT2D eigenvalue weighted by atomic mass is 16.5. The van der Waals surface area contributed by atoms with Crippen LogP contribution in [-0.2, 0) is 9.53 Å². The molecular weight excluding hydrogens is 316 g/mol. The second kappa shape index (κ2) is 7.04. The second-order valence-electron chi connectivity index (χ2n) is 7.16. The average molecular weight is 342 g/mol. The molecule has 1 atom stereocenters. The monoisotopic (exact) mass is 342 g/mol. The van der Waals surface area contributed by atoms with Gasteiger partial charge in [0.25, 0.3) is 5.91 Å². The number of anilines is 1. The van der Waals surface area contributed by atoms with Crippen molar-refractivity contribution < 1.29 is 9.53 Å². The molecule has 25 heavy (non-hydrogen) atoms. The van der Waals surface area contributed by atoms with E-state index in [4.69, 9.17) is 4.74 Å². The van der Waals surface area contributed by atoms with Crippen molar-refractivity contribution in [2.45, 2.75) is 32.3 Å². The molecule has 2 aromatic rings. The Balaban J connectivity index is 1.36. The van der Waals surface area contributed by atoms with Gasteiger partial charge in [-0.1, -0.05) is 12.1 Å². The molecule has 1 N–H and O–H groups in total. The third-order valence-corrected chi connectivity index (χ3v) is 5.11. The van der Waals surface area contributed by atoms with Gasteiger partial charge in [0, 0.05) is 26.2 Å². The summed E-state index contributed by atoms with van der Waals surface area (Å²) in [7, 11) is 0. The van der Waals surface area contributed by atoms with Crippen LogP contribution >= 0.6 is 0 Å². The van der Waals surface area contributed by atoms with Crippen LogP contribution < -0.4 is 4.90 Å². The topological polar surface area (TPSA) is 61.5 Å². The largest absolute Gasteiger partial charge is 0.368 e. The highest BCUT2D eigenvalue weighted by Crippen LogP contribution is 2.29. The van der Waals surface area contributed by atoms with E-state index in [1.807, 2.05) is 36.1 Å². The Bertz CT molecular complexity index is 707. The first kappa shape index (κ1) is 16.4. The van der Waals surface area contributed by atoms with E-state index in [2.05, 4.69) is 14.9 Å². The minimum Gasteiger partial charge on any atom is -0.368 e. The fourth-order valence-electron chi connectivity index (χ4n) is 3.33. The van der Waals surface area contributed by atoms with Crippen molar-refractivity contribution in [3.8, 4) is 0 Å². The van der Waals surface area contributed by atoms with Gasteiger partial charge in [0.15, 0.2) is 0 Å². The molecule has 0 spiro atoms. The van der Waals surface area contributed by atoms with Crippen LogP contribution in [0.25, 0.3) is 11.0 Å². The Morgan fingerprint density at radius 3 is 2.92 bits per heavy atom. The number of amides is 1. The summed E-state index contributed by atoms with van der Waals surface area (Å²) in [5, 5.41) is 0. The number of H-pyrrole nitrogens is 1. The summed E-state index contributed by atoms with van der Waals surface area (Å²) in [6, 6.07) is 8.06. The van der Waals surface area contributed by atoms with Crippen molar-refractivity contribution in [3.63, 3.8) is 0 Å². The van der Waals surface area contributed by atoms with Crippen LogP contribution in [-0.4, -0.2) is 59.7 Å². The molecule has 2 aliphatic rings. The Kier molecular flexibility index (Phi) is 4.61. The first-order valence-corrected chi connectivity index (χ1v) is 9.31. The van der Waals surface area contributed by atoms with Gasteiger partial charge in [-0.05, 0) is 44.2 Å². The summed E-state index contributed by atoms with van der Waals surface area (Å²) < 4.78 is 5.75. The van der Waals surface area contributed by atoms with Crippen LogP contribution in [0.2, 0.25) is 0 Å². The SMILES string of the molecule is C[C@H](OCC1CC1)C(=O)N1CCCN(c2nc3ccccc3[nH]2)CC1. The highest BCUT2D eigenvalue weighted by Gasteiger charge is 2.27. The van der Waals surface area contributed by atoms with Crippen molar-refractivity contribution in [2.24, 2.45) is 5.92 Å². The van der Waals surface area contributed by atoms with Crippen molar-refractivity contribution in [2.75, 3.05) is 37.7 Å². The van der Waals surface area contributed by atoms with Crippen molar-refractivity contribution >= 4 is 22.9 Å². The van der Waals surface area contributed by atoms with E-state index in [9.17, 15) is 4.79 Å². The number of rotatable bonds is 5. The number of imidazole rings is 1. The van der Waals surface area contributed by atoms with Gasteiger partial charge in [0.1, 0.15) is 6.10 Å². The molecule has 1 amide bonds. The quantitative estimate of drug-likeness (QED) is 0.906. The van der Waals surface area contributed by atoms with E-state index >= 15 is 0 Å². The highest BCUT2D eigenvalue weighted by molar-refractivity contribution is 5.81. The average Bonchev–Trinajstić information content (AvgIpc) is 3.40. The lowest BCUT2D eigenvalue weighted by Gasteiger charge is -2.24. The van der Waals surface area contributed by atoms with E-state index in [-0.39, 0.29) is 12.0 Å². The number of para-hydroxylation sites is 2. The summed E-state index contributed by atoms with van der Waals surface area (Å²) in [6.45, 7) is 5.81. The number of carbonyl (C=O) groups is 1. The summed E-state index contributed by atoms with van der Waals surface area (Å²) >= 11 is 0. The summed E-state index contributed by atoms with van der Waals surface area (Å²) in [5.41, 5.74) is 2.04. The molecule has 0 unspecified atom stereocenters. The Morgan fingerprint density at radius 1 is 1.28 bits per heavy atom. The normalized spacial score (nSPS) is 19.9. The first-order valence-electron chi connectivity index (χ1n) is 9.31. The zero-order valence-electron chi connectivity index (χ0n) is 14.8. The molecule has 0 radical (unpaired) electrons. The molecule has 2 heterocycles. The zero-order valence-corrected chi connectivity index (χ0v) is 14.8. The number of carbonyl (C=O) groups excluding carboxylic acids is 1. The molecule has 1 aromatic carbocycles. The van der Waals surface area contributed by atoms with Crippen LogP contribution in [0.15, 0.2) is 24.3 Å². The first-order chi connectivity index (χ1) is 12.2. The lowest BCUT2D eigenvalue weighted by Crippen LogP contribution is -2.41. The fourth-order valence-corrected chi connectivity index (χ4v) is 3.33. The van der Waals surface area contributed by atoms with E-state index in [1.165, 1.54) is 12.8 Å². The molecule has 6 nitrogen and oxygen atoms in total. The second-order valence-corrected chi connectivity index (χ2v) is 7.16. The lowest BCUT2D eigenvalue weighted by molar-refractivity contribution is -0.142. The number of benzene rings is 1. The van der Waals surface area contributed by atoms with Crippen LogP contribution in [0, 0.1) is 5.92 Å². The van der Waals surface area contributed by atoms with Gasteiger partial charge in [-0.25, -0.2) is 4.98 Å². The molecule has 134 valence electrons. The van der Waals surface area contributed by atoms with Gasteiger partial charge in [-0.3, -0.25) is 4.79 Å². The molecule has 1 saturated heterocycles. The van der Waals surface area contributed by atoms with Gasteiger partial charge >= 0.3 is 0 Å². The molecular formula is C19H26N4O2. The summed E-state index contributed by atoms with van der Waals surface area (Å²) in [4.78, 5) is 24.9. The fraction of sp³-hybridized carbons (Fsp3) is 0.579. The number of aromatic amines is 1. The van der Waals surface area contributed by atoms with Crippen molar-refractivity contribution in [1.29, 1.82) is 0 Å². The predicted molar refractivity (Wildman–Crippen MR) is 97.6 cm³/mol. The van der Waals surface area contributed by atoms with E-state index in [0.29, 0.717) is 12.5 Å². The Labute approximate surface area is 148 Å². The smallest absolute Gasteiger partial charge is 0.251 e. The molecule has 1 saturated carbocycles. The standard InChI is InChI=1S/C19H26N4O2/c1-14(25-13-15-7-8-15)18(24)22-9-4-10-23(12-11-22)19-20-16-5-2-3-6-17(16)21-19/h2-3,5-6,14-15H,4,7-13H2,1H3,(H,20,21)/t14-/m0/s1. The third kappa shape index (κ3) is 3.79. The van der Waals surface area contributed by atoms with Crippen LogP contribution in [0.4, 0.5) is 5.95 Å². The Morgan fingerprint density at radius 2 is 2.12 bits per heavy atom. The van der Waals surface area contributed by atoms with Gasteiger partial charge in [-0.15, -0.1) is 0 Å². The van der Waals surface area contributed by atoms with E-state index < -0.39 is 0 Å². The number of fused-ring (bicyclic) bond motifs is 1. The molecule has 1 aliphatic carbocycles. The predicted octanol–water partition coefficient (Wildman–Crippen LogP) is 2.42. The van der Waals surface area contributed by atoms with Gasteiger partial charge in [-0.2, -0.15) is 0 Å². The minimum atomic E-state index is -0.335. The molecule has 0 bridgehead atoms. The number of ether oxygens (including phenoxy) is 1. The van der Waals surface area contributed by atoms with Gasteiger partial charge in [0.2, 0.25) is 5.95 Å². The number of nitrogens with one attached hydrogen (secondary N) is 1. The zero-order chi connectivity index (χ0) is 17.2. The molecule has 2 fully saturated rings. The minimum absolute atomic E-state index is 0.118. The Hall–Kier alpha value is -2.08. The third-order valence-electron chi connectivity index (χ3n) is 5.11. The van der Waals surface area contributed by atoms with Crippen LogP contribution in [0.1, 0.15) is 26.2 Å². The number of hydrogen-bond acceptors (Lipinski definition) is 4. The molecule has 4 rings (SSSR count). The summed E-state index contributed by atoms with van der Waals surface area (Å²) in [5.74, 6) is 1.70. The number of nitrogens with zero attached hydrogens (tertiary/aromatic N) is 3. The van der Waals surface area contributed by atoms with Crippen LogP contribution in [0.3, 0.4) is 0 Å².